The van der Waals surface area contributed by atoms with Gasteiger partial charge in [-0.2, -0.15) is 0 Å². The van der Waals surface area contributed by atoms with Crippen LogP contribution >= 0.6 is 0 Å². The van der Waals surface area contributed by atoms with Gasteiger partial charge in [0.25, 0.3) is 5.91 Å². The standard InChI is InChI=1S/C21H20FN3O2/c1-13-20(14(2)27-24-13)16-7-10-18(23-12-16)19-4-3-11-25(19)21(26)15-5-8-17(22)9-6-15/h5-10,12,19H,3-4,11H2,1-2H3. The van der Waals surface area contributed by atoms with Crippen LogP contribution in [0.2, 0.25) is 0 Å². The lowest BCUT2D eigenvalue weighted by molar-refractivity contribution is 0.0733. The van der Waals surface area contributed by atoms with Gasteiger partial charge >= 0.3 is 0 Å². The number of aryl methyl sites for hydroxylation is 2. The lowest BCUT2D eigenvalue weighted by Gasteiger charge is -2.24. The Labute approximate surface area is 156 Å². The van der Waals surface area contributed by atoms with Gasteiger partial charge in [0.1, 0.15) is 11.6 Å². The first-order valence-electron chi connectivity index (χ1n) is 9.00. The van der Waals surface area contributed by atoms with Gasteiger partial charge in [-0.15, -0.1) is 0 Å². The van der Waals surface area contributed by atoms with Gasteiger partial charge in [0.15, 0.2) is 0 Å². The van der Waals surface area contributed by atoms with Crippen molar-refractivity contribution in [2.75, 3.05) is 6.54 Å². The molecule has 0 N–H and O–H groups in total. The van der Waals surface area contributed by atoms with Crippen LogP contribution in [0.25, 0.3) is 11.1 Å². The molecule has 1 fully saturated rings. The fourth-order valence-corrected chi connectivity index (χ4v) is 3.72. The summed E-state index contributed by atoms with van der Waals surface area (Å²) in [7, 11) is 0. The number of amides is 1. The second-order valence-electron chi connectivity index (χ2n) is 6.83. The van der Waals surface area contributed by atoms with Crippen molar-refractivity contribution in [2.45, 2.75) is 32.7 Å². The molecule has 1 aliphatic rings. The van der Waals surface area contributed by atoms with Crippen molar-refractivity contribution in [3.8, 4) is 11.1 Å². The third-order valence-electron chi connectivity index (χ3n) is 5.05. The summed E-state index contributed by atoms with van der Waals surface area (Å²) in [4.78, 5) is 19.3. The molecule has 3 aromatic rings. The number of pyridine rings is 1. The van der Waals surface area contributed by atoms with Gasteiger partial charge in [-0.05, 0) is 57.0 Å². The van der Waals surface area contributed by atoms with Crippen molar-refractivity contribution < 1.29 is 13.7 Å². The number of nitrogens with zero attached hydrogens (tertiary/aromatic N) is 3. The predicted octanol–water partition coefficient (Wildman–Crippen LogP) is 4.47. The van der Waals surface area contributed by atoms with Gasteiger partial charge in [-0.1, -0.05) is 11.2 Å². The van der Waals surface area contributed by atoms with Gasteiger partial charge in [0.2, 0.25) is 0 Å². The summed E-state index contributed by atoms with van der Waals surface area (Å²) in [5.41, 5.74) is 4.09. The Balaban J connectivity index is 1.59. The first kappa shape index (κ1) is 17.4. The van der Waals surface area contributed by atoms with Crippen molar-refractivity contribution in [2.24, 2.45) is 0 Å². The van der Waals surface area contributed by atoms with Gasteiger partial charge in [-0.25, -0.2) is 4.39 Å². The number of halogens is 1. The van der Waals surface area contributed by atoms with Gasteiger partial charge in [0.05, 0.1) is 17.4 Å². The fraction of sp³-hybridized carbons (Fsp3) is 0.286. The molecule has 0 spiro atoms. The minimum atomic E-state index is -0.346. The number of aromatic nitrogens is 2. The molecule has 1 aliphatic heterocycles. The highest BCUT2D eigenvalue weighted by atomic mass is 19.1. The van der Waals surface area contributed by atoms with Crippen LogP contribution in [0, 0.1) is 19.7 Å². The van der Waals surface area contributed by atoms with Crippen molar-refractivity contribution in [3.05, 3.63) is 71.1 Å². The molecule has 0 bridgehead atoms. The monoisotopic (exact) mass is 365 g/mol. The lowest BCUT2D eigenvalue weighted by atomic mass is 10.0. The highest BCUT2D eigenvalue weighted by Crippen LogP contribution is 2.33. The predicted molar refractivity (Wildman–Crippen MR) is 98.6 cm³/mol. The molecule has 0 radical (unpaired) electrons. The third-order valence-corrected chi connectivity index (χ3v) is 5.05. The molecule has 3 heterocycles. The van der Waals surface area contributed by atoms with Crippen molar-refractivity contribution in [1.82, 2.24) is 15.0 Å². The van der Waals surface area contributed by atoms with E-state index in [2.05, 4.69) is 10.1 Å². The van der Waals surface area contributed by atoms with E-state index >= 15 is 0 Å². The van der Waals surface area contributed by atoms with E-state index in [-0.39, 0.29) is 17.8 Å². The SMILES string of the molecule is Cc1noc(C)c1-c1ccc(C2CCCN2C(=O)c2ccc(F)cc2)nc1. The topological polar surface area (TPSA) is 59.2 Å². The molecule has 138 valence electrons. The Kier molecular flexibility index (Phi) is 4.48. The van der Waals surface area contributed by atoms with Crippen molar-refractivity contribution >= 4 is 5.91 Å². The summed E-state index contributed by atoms with van der Waals surface area (Å²) in [5.74, 6) is 0.325. The molecule has 1 unspecified atom stereocenters. The molecular formula is C21H20FN3O2. The number of carbonyl (C=O) groups excluding carboxylic acids is 1. The van der Waals surface area contributed by atoms with Gasteiger partial charge < -0.3 is 9.42 Å². The largest absolute Gasteiger partial charge is 0.361 e. The number of hydrogen-bond donors (Lipinski definition) is 0. The van der Waals surface area contributed by atoms with Crippen LogP contribution in [-0.4, -0.2) is 27.5 Å². The Hall–Kier alpha value is -3.02. The number of benzene rings is 1. The molecular weight excluding hydrogens is 345 g/mol. The normalized spacial score (nSPS) is 16.7. The van der Waals surface area contributed by atoms with Crippen LogP contribution in [0.3, 0.4) is 0 Å². The van der Waals surface area contributed by atoms with Gasteiger partial charge in [-0.3, -0.25) is 9.78 Å². The van der Waals surface area contributed by atoms with E-state index in [4.69, 9.17) is 4.52 Å². The summed E-state index contributed by atoms with van der Waals surface area (Å²) in [5, 5.41) is 3.99. The second kappa shape index (κ2) is 6.95. The van der Waals surface area contributed by atoms with Crippen LogP contribution < -0.4 is 0 Å². The Morgan fingerprint density at radius 2 is 1.96 bits per heavy atom. The zero-order chi connectivity index (χ0) is 19.0. The Morgan fingerprint density at radius 1 is 1.19 bits per heavy atom. The van der Waals surface area contributed by atoms with Crippen LogP contribution in [0.5, 0.6) is 0 Å². The zero-order valence-electron chi connectivity index (χ0n) is 15.3. The smallest absolute Gasteiger partial charge is 0.254 e. The second-order valence-corrected chi connectivity index (χ2v) is 6.83. The highest BCUT2D eigenvalue weighted by molar-refractivity contribution is 5.94. The van der Waals surface area contributed by atoms with Crippen molar-refractivity contribution in [1.29, 1.82) is 0 Å². The number of carbonyl (C=O) groups is 1. The molecule has 0 saturated carbocycles. The van der Waals surface area contributed by atoms with Crippen LogP contribution in [0.15, 0.2) is 47.1 Å². The minimum absolute atomic E-state index is 0.0683. The average molecular weight is 365 g/mol. The van der Waals surface area contributed by atoms with E-state index in [9.17, 15) is 9.18 Å². The number of rotatable bonds is 3. The average Bonchev–Trinajstić information content (AvgIpc) is 3.29. The van der Waals surface area contributed by atoms with E-state index in [1.807, 2.05) is 30.9 Å². The maximum absolute atomic E-state index is 13.1. The highest BCUT2D eigenvalue weighted by Gasteiger charge is 2.31. The molecule has 5 nitrogen and oxygen atoms in total. The maximum atomic E-state index is 13.1. The number of likely N-dealkylation sites (tertiary alicyclic amines) is 1. The fourth-order valence-electron chi connectivity index (χ4n) is 3.72. The molecule has 2 aromatic heterocycles. The van der Waals surface area contributed by atoms with E-state index in [1.165, 1.54) is 24.3 Å². The van der Waals surface area contributed by atoms with Crippen LogP contribution in [0.1, 0.15) is 46.4 Å². The molecule has 1 atom stereocenters. The van der Waals surface area contributed by atoms with Gasteiger partial charge in [0, 0.05) is 29.4 Å². The van der Waals surface area contributed by atoms with E-state index in [0.717, 1.165) is 41.1 Å². The summed E-state index contributed by atoms with van der Waals surface area (Å²) in [6, 6.07) is 9.57. The quantitative estimate of drug-likeness (QED) is 0.687. The first-order chi connectivity index (χ1) is 13.0. The van der Waals surface area contributed by atoms with Crippen LogP contribution in [-0.2, 0) is 0 Å². The molecule has 1 aromatic carbocycles. The van der Waals surface area contributed by atoms with E-state index < -0.39 is 0 Å². The molecule has 1 amide bonds. The molecule has 1 saturated heterocycles. The summed E-state index contributed by atoms with van der Waals surface area (Å²) >= 11 is 0. The Bertz CT molecular complexity index is 945. The zero-order valence-corrected chi connectivity index (χ0v) is 15.3. The summed E-state index contributed by atoms with van der Waals surface area (Å²) < 4.78 is 18.4. The van der Waals surface area contributed by atoms with E-state index in [1.54, 1.807) is 6.20 Å². The Morgan fingerprint density at radius 3 is 2.59 bits per heavy atom. The van der Waals surface area contributed by atoms with Crippen molar-refractivity contribution in [3.63, 3.8) is 0 Å². The van der Waals surface area contributed by atoms with E-state index in [0.29, 0.717) is 12.1 Å². The molecule has 0 aliphatic carbocycles. The molecule has 6 heteroatoms. The third kappa shape index (κ3) is 3.23. The minimum Gasteiger partial charge on any atom is -0.361 e. The molecule has 27 heavy (non-hydrogen) atoms. The first-order valence-corrected chi connectivity index (χ1v) is 9.00. The summed E-state index contributed by atoms with van der Waals surface area (Å²) in [6.07, 6.45) is 3.59. The molecule has 4 rings (SSSR count). The lowest BCUT2D eigenvalue weighted by Crippen LogP contribution is -2.31. The van der Waals surface area contributed by atoms with Crippen LogP contribution in [0.4, 0.5) is 4.39 Å². The number of hydrogen-bond acceptors (Lipinski definition) is 4. The summed E-state index contributed by atoms with van der Waals surface area (Å²) in [6.45, 7) is 4.46. The maximum Gasteiger partial charge on any atom is 0.254 e.